The fourth-order valence-corrected chi connectivity index (χ4v) is 2.26. The number of aromatic nitrogens is 1. The molecule has 0 aliphatic carbocycles. The first kappa shape index (κ1) is 15.5. The summed E-state index contributed by atoms with van der Waals surface area (Å²) in [5.74, 6) is 0.649. The SMILES string of the molecule is Clc1cc2cccc(OC3CCC=CO3)c2nc1Cl.[Cu]. The van der Waals surface area contributed by atoms with Crippen LogP contribution in [-0.4, -0.2) is 11.3 Å². The quantitative estimate of drug-likeness (QED) is 0.581. The van der Waals surface area contributed by atoms with Crippen LogP contribution >= 0.6 is 23.2 Å². The number of fused-ring (bicyclic) bond motifs is 1. The van der Waals surface area contributed by atoms with Gasteiger partial charge in [0.2, 0.25) is 6.29 Å². The van der Waals surface area contributed by atoms with Gasteiger partial charge in [-0.2, -0.15) is 0 Å². The average Bonchev–Trinajstić information content (AvgIpc) is 2.42. The van der Waals surface area contributed by atoms with Gasteiger partial charge in [-0.15, -0.1) is 0 Å². The van der Waals surface area contributed by atoms with Gasteiger partial charge in [-0.1, -0.05) is 35.3 Å². The first-order chi connectivity index (χ1) is 9.24. The zero-order chi connectivity index (χ0) is 13.2. The summed E-state index contributed by atoms with van der Waals surface area (Å²) < 4.78 is 11.2. The van der Waals surface area contributed by atoms with E-state index in [2.05, 4.69) is 4.98 Å². The summed E-state index contributed by atoms with van der Waals surface area (Å²) in [6, 6.07) is 7.43. The molecule has 1 aromatic heterocycles. The van der Waals surface area contributed by atoms with E-state index in [0.29, 0.717) is 16.3 Å². The van der Waals surface area contributed by atoms with Gasteiger partial charge in [-0.25, -0.2) is 4.98 Å². The molecule has 0 bridgehead atoms. The van der Waals surface area contributed by atoms with E-state index in [0.717, 1.165) is 18.2 Å². The van der Waals surface area contributed by atoms with Crippen molar-refractivity contribution < 1.29 is 26.5 Å². The number of halogens is 2. The van der Waals surface area contributed by atoms with Gasteiger partial charge in [0.1, 0.15) is 16.4 Å². The fourth-order valence-electron chi connectivity index (χ4n) is 1.96. The number of rotatable bonds is 2. The Labute approximate surface area is 137 Å². The van der Waals surface area contributed by atoms with E-state index in [4.69, 9.17) is 32.7 Å². The Morgan fingerprint density at radius 2 is 2.15 bits per heavy atom. The normalized spacial score (nSPS) is 17.4. The molecule has 1 aliphatic rings. The van der Waals surface area contributed by atoms with E-state index in [1.807, 2.05) is 24.3 Å². The molecule has 0 saturated carbocycles. The Balaban J connectivity index is 0.00000147. The van der Waals surface area contributed by atoms with Gasteiger partial charge in [0.05, 0.1) is 11.3 Å². The van der Waals surface area contributed by atoms with Crippen molar-refractivity contribution in [3.05, 3.63) is 46.8 Å². The van der Waals surface area contributed by atoms with E-state index in [1.165, 1.54) is 0 Å². The van der Waals surface area contributed by atoms with Gasteiger partial charge in [-0.05, 0) is 24.6 Å². The van der Waals surface area contributed by atoms with E-state index < -0.39 is 0 Å². The molecule has 20 heavy (non-hydrogen) atoms. The van der Waals surface area contributed by atoms with Crippen LogP contribution in [0.3, 0.4) is 0 Å². The molecule has 1 aliphatic heterocycles. The topological polar surface area (TPSA) is 31.4 Å². The molecule has 1 unspecified atom stereocenters. The molecule has 0 N–H and O–H groups in total. The zero-order valence-corrected chi connectivity index (χ0v) is 12.7. The number of hydrogen-bond acceptors (Lipinski definition) is 3. The van der Waals surface area contributed by atoms with Crippen LogP contribution in [0, 0.1) is 0 Å². The molecule has 2 heterocycles. The van der Waals surface area contributed by atoms with Crippen molar-refractivity contribution >= 4 is 34.1 Å². The maximum atomic E-state index is 5.96. The van der Waals surface area contributed by atoms with Crippen molar-refractivity contribution in [1.29, 1.82) is 0 Å². The number of benzene rings is 1. The molecule has 3 nitrogen and oxygen atoms in total. The van der Waals surface area contributed by atoms with Crippen molar-refractivity contribution in [2.45, 2.75) is 19.1 Å². The van der Waals surface area contributed by atoms with Gasteiger partial charge < -0.3 is 9.47 Å². The first-order valence-corrected chi connectivity index (χ1v) is 6.71. The summed E-state index contributed by atoms with van der Waals surface area (Å²) >= 11 is 11.9. The maximum Gasteiger partial charge on any atom is 0.240 e. The Morgan fingerprint density at radius 1 is 1.30 bits per heavy atom. The molecular formula is C14H11Cl2CuNO2. The van der Waals surface area contributed by atoms with Crippen LogP contribution in [0.1, 0.15) is 12.8 Å². The van der Waals surface area contributed by atoms with Crippen LogP contribution in [0.4, 0.5) is 0 Å². The third-order valence-electron chi connectivity index (χ3n) is 2.87. The van der Waals surface area contributed by atoms with Gasteiger partial charge in [0.25, 0.3) is 0 Å². The largest absolute Gasteiger partial charge is 0.463 e. The van der Waals surface area contributed by atoms with E-state index >= 15 is 0 Å². The van der Waals surface area contributed by atoms with Crippen molar-refractivity contribution in [1.82, 2.24) is 4.98 Å². The van der Waals surface area contributed by atoms with Gasteiger partial charge in [-0.3, -0.25) is 0 Å². The summed E-state index contributed by atoms with van der Waals surface area (Å²) in [6.07, 6.45) is 5.10. The van der Waals surface area contributed by atoms with Crippen LogP contribution in [0.2, 0.25) is 10.2 Å². The molecule has 109 valence electrons. The molecule has 1 atom stereocenters. The fraction of sp³-hybridized carbons (Fsp3) is 0.214. The Hall–Kier alpha value is -0.931. The van der Waals surface area contributed by atoms with Gasteiger partial charge in [0.15, 0.2) is 0 Å². The number of allylic oxidation sites excluding steroid dienone is 1. The van der Waals surface area contributed by atoms with Crippen LogP contribution in [-0.2, 0) is 21.8 Å². The van der Waals surface area contributed by atoms with Gasteiger partial charge in [0, 0.05) is 28.9 Å². The molecular weight excluding hydrogens is 349 g/mol. The zero-order valence-electron chi connectivity index (χ0n) is 10.3. The Bertz CT molecular complexity index is 648. The smallest absolute Gasteiger partial charge is 0.240 e. The summed E-state index contributed by atoms with van der Waals surface area (Å²) in [4.78, 5) is 4.28. The van der Waals surface area contributed by atoms with Crippen molar-refractivity contribution in [2.75, 3.05) is 0 Å². The molecule has 0 saturated heterocycles. The van der Waals surface area contributed by atoms with Crippen molar-refractivity contribution in [2.24, 2.45) is 0 Å². The molecule has 2 aromatic rings. The predicted octanol–water partition coefficient (Wildman–Crippen LogP) is 4.57. The molecule has 3 rings (SSSR count). The molecule has 0 amide bonds. The maximum absolute atomic E-state index is 5.96. The Kier molecular flexibility index (Phi) is 5.16. The number of hydrogen-bond donors (Lipinski definition) is 0. The molecule has 1 radical (unpaired) electrons. The number of ether oxygens (including phenoxy) is 2. The minimum atomic E-state index is -0.285. The third kappa shape index (κ3) is 3.21. The Morgan fingerprint density at radius 3 is 2.90 bits per heavy atom. The summed E-state index contributed by atoms with van der Waals surface area (Å²) in [6.45, 7) is 0. The summed E-state index contributed by atoms with van der Waals surface area (Å²) in [5, 5.41) is 1.59. The van der Waals surface area contributed by atoms with Gasteiger partial charge >= 0.3 is 0 Å². The molecule has 0 spiro atoms. The minimum Gasteiger partial charge on any atom is -0.463 e. The molecule has 0 fully saturated rings. The number of para-hydroxylation sites is 1. The molecule has 1 aromatic carbocycles. The van der Waals surface area contributed by atoms with E-state index in [-0.39, 0.29) is 28.5 Å². The summed E-state index contributed by atoms with van der Waals surface area (Å²) in [7, 11) is 0. The van der Waals surface area contributed by atoms with E-state index in [9.17, 15) is 0 Å². The van der Waals surface area contributed by atoms with Crippen molar-refractivity contribution in [3.8, 4) is 5.75 Å². The second-order valence-electron chi connectivity index (χ2n) is 4.22. The van der Waals surface area contributed by atoms with Crippen molar-refractivity contribution in [3.63, 3.8) is 0 Å². The number of nitrogens with zero attached hydrogens (tertiary/aromatic N) is 1. The molecule has 6 heteroatoms. The van der Waals surface area contributed by atoms with Crippen LogP contribution < -0.4 is 4.74 Å². The van der Waals surface area contributed by atoms with Crippen LogP contribution in [0.5, 0.6) is 5.75 Å². The monoisotopic (exact) mass is 358 g/mol. The second-order valence-corrected chi connectivity index (χ2v) is 4.99. The average molecular weight is 360 g/mol. The predicted molar refractivity (Wildman–Crippen MR) is 75.6 cm³/mol. The van der Waals surface area contributed by atoms with Crippen LogP contribution in [0.15, 0.2) is 36.6 Å². The third-order valence-corrected chi connectivity index (χ3v) is 3.55. The summed E-state index contributed by atoms with van der Waals surface area (Å²) in [5.41, 5.74) is 0.690. The number of pyridine rings is 1. The second kappa shape index (κ2) is 6.68. The van der Waals surface area contributed by atoms with Crippen LogP contribution in [0.25, 0.3) is 10.9 Å². The van der Waals surface area contributed by atoms with E-state index in [1.54, 1.807) is 12.3 Å². The standard InChI is InChI=1S/C14H11Cl2NO2.Cu/c15-10-8-9-4-3-5-11(13(9)17-14(10)16)19-12-6-1-2-7-18-12;/h2-5,7-8,12H,1,6H2;. The minimum absolute atomic E-state index is 0. The first-order valence-electron chi connectivity index (χ1n) is 5.96.